The van der Waals surface area contributed by atoms with E-state index in [2.05, 4.69) is 9.80 Å². The molecule has 18 heavy (non-hydrogen) atoms. The van der Waals surface area contributed by atoms with Crippen LogP contribution in [-0.2, 0) is 0 Å². The number of anilines is 1. The van der Waals surface area contributed by atoms with Gasteiger partial charge in [0.1, 0.15) is 5.75 Å². The van der Waals surface area contributed by atoms with Crippen LogP contribution in [0.15, 0.2) is 18.2 Å². The van der Waals surface area contributed by atoms with E-state index < -0.39 is 0 Å². The van der Waals surface area contributed by atoms with E-state index in [9.17, 15) is 0 Å². The lowest BCUT2D eigenvalue weighted by Crippen LogP contribution is -2.47. The Morgan fingerprint density at radius 2 is 2.00 bits per heavy atom. The molecule has 0 bridgehead atoms. The molecule has 0 radical (unpaired) electrons. The van der Waals surface area contributed by atoms with Crippen LogP contribution in [0.4, 0.5) is 5.69 Å². The number of nitrogens with zero attached hydrogens (tertiary/aromatic N) is 2. The number of halogens is 1. The van der Waals surface area contributed by atoms with Crippen LogP contribution in [0.25, 0.3) is 0 Å². The van der Waals surface area contributed by atoms with Gasteiger partial charge in [0.05, 0.1) is 19.4 Å². The minimum absolute atomic E-state index is 0.226. The van der Waals surface area contributed by atoms with Gasteiger partial charge in [0.25, 0.3) is 0 Å². The lowest BCUT2D eigenvalue weighted by molar-refractivity contribution is 0.188. The van der Waals surface area contributed by atoms with Crippen molar-refractivity contribution in [2.24, 2.45) is 0 Å². The molecule has 0 atom stereocenters. The van der Waals surface area contributed by atoms with E-state index in [1.807, 2.05) is 18.2 Å². The fourth-order valence-corrected chi connectivity index (χ4v) is 2.43. The Kier molecular flexibility index (Phi) is 4.69. The van der Waals surface area contributed by atoms with Gasteiger partial charge in [-0.05, 0) is 12.1 Å². The number of hydrogen-bond donors (Lipinski definition) is 1. The molecule has 100 valence electrons. The van der Waals surface area contributed by atoms with Crippen molar-refractivity contribution < 1.29 is 9.84 Å². The Labute approximate surface area is 113 Å². The van der Waals surface area contributed by atoms with Gasteiger partial charge in [0, 0.05) is 43.8 Å². The van der Waals surface area contributed by atoms with Crippen molar-refractivity contribution in [2.45, 2.75) is 0 Å². The van der Waals surface area contributed by atoms with Crippen molar-refractivity contribution in [3.8, 4) is 5.75 Å². The Morgan fingerprint density at radius 3 is 2.61 bits per heavy atom. The van der Waals surface area contributed by atoms with Gasteiger partial charge in [0.15, 0.2) is 0 Å². The van der Waals surface area contributed by atoms with E-state index in [1.54, 1.807) is 7.11 Å². The number of rotatable bonds is 4. The number of aliphatic hydroxyl groups excluding tert-OH is 1. The van der Waals surface area contributed by atoms with Crippen LogP contribution in [0.1, 0.15) is 0 Å². The van der Waals surface area contributed by atoms with E-state index >= 15 is 0 Å². The van der Waals surface area contributed by atoms with Crippen LogP contribution in [0.3, 0.4) is 0 Å². The minimum atomic E-state index is 0.226. The van der Waals surface area contributed by atoms with Gasteiger partial charge in [-0.1, -0.05) is 11.6 Å². The highest BCUT2D eigenvalue weighted by molar-refractivity contribution is 6.30. The number of methoxy groups -OCH3 is 1. The first-order valence-electron chi connectivity index (χ1n) is 6.16. The fraction of sp³-hybridized carbons (Fsp3) is 0.538. The van der Waals surface area contributed by atoms with Crippen LogP contribution in [0.5, 0.6) is 5.75 Å². The number of β-amino-alcohol motifs (C(OH)–C–C–N with tert-alkyl or cyclic N) is 1. The number of aliphatic hydroxyl groups is 1. The summed E-state index contributed by atoms with van der Waals surface area (Å²) in [5.74, 6) is 0.818. The highest BCUT2D eigenvalue weighted by atomic mass is 35.5. The van der Waals surface area contributed by atoms with Gasteiger partial charge in [-0.3, -0.25) is 4.90 Å². The van der Waals surface area contributed by atoms with Crippen molar-refractivity contribution in [1.29, 1.82) is 0 Å². The first kappa shape index (κ1) is 13.5. The highest BCUT2D eigenvalue weighted by Crippen LogP contribution is 2.31. The summed E-state index contributed by atoms with van der Waals surface area (Å²) in [7, 11) is 1.66. The average Bonchev–Trinajstić information content (AvgIpc) is 2.40. The Bertz CT molecular complexity index is 393. The highest BCUT2D eigenvalue weighted by Gasteiger charge is 2.19. The fourth-order valence-electron chi connectivity index (χ4n) is 2.27. The first-order chi connectivity index (χ1) is 8.74. The number of hydrogen-bond acceptors (Lipinski definition) is 4. The van der Waals surface area contributed by atoms with Crippen molar-refractivity contribution in [3.05, 3.63) is 23.2 Å². The predicted molar refractivity (Wildman–Crippen MR) is 73.7 cm³/mol. The first-order valence-corrected chi connectivity index (χ1v) is 6.54. The molecule has 1 heterocycles. The van der Waals surface area contributed by atoms with Crippen LogP contribution >= 0.6 is 11.6 Å². The van der Waals surface area contributed by atoms with Crippen LogP contribution in [0.2, 0.25) is 5.02 Å². The average molecular weight is 271 g/mol. The lowest BCUT2D eigenvalue weighted by Gasteiger charge is -2.36. The molecule has 4 nitrogen and oxygen atoms in total. The zero-order chi connectivity index (χ0) is 13.0. The van der Waals surface area contributed by atoms with E-state index in [0.717, 1.165) is 44.2 Å². The van der Waals surface area contributed by atoms with Crippen LogP contribution < -0.4 is 9.64 Å². The van der Waals surface area contributed by atoms with E-state index in [-0.39, 0.29) is 6.61 Å². The summed E-state index contributed by atoms with van der Waals surface area (Å²) in [6.07, 6.45) is 0. The Morgan fingerprint density at radius 1 is 1.28 bits per heavy atom. The van der Waals surface area contributed by atoms with Gasteiger partial charge in [-0.15, -0.1) is 0 Å². The molecule has 1 saturated heterocycles. The van der Waals surface area contributed by atoms with E-state index in [1.165, 1.54) is 0 Å². The summed E-state index contributed by atoms with van der Waals surface area (Å²) in [6.45, 7) is 4.80. The maximum Gasteiger partial charge on any atom is 0.143 e. The van der Waals surface area contributed by atoms with Crippen LogP contribution in [0, 0.1) is 0 Å². The maximum atomic E-state index is 8.92. The molecule has 1 N–H and O–H groups in total. The van der Waals surface area contributed by atoms with Gasteiger partial charge >= 0.3 is 0 Å². The van der Waals surface area contributed by atoms with E-state index in [4.69, 9.17) is 21.4 Å². The number of benzene rings is 1. The quantitative estimate of drug-likeness (QED) is 0.899. The van der Waals surface area contributed by atoms with Crippen LogP contribution in [-0.4, -0.2) is 56.4 Å². The van der Waals surface area contributed by atoms with E-state index in [0.29, 0.717) is 5.02 Å². The minimum Gasteiger partial charge on any atom is -0.495 e. The molecule has 1 fully saturated rings. The molecule has 1 aliphatic rings. The molecule has 5 heteroatoms. The van der Waals surface area contributed by atoms with Gasteiger partial charge in [-0.25, -0.2) is 0 Å². The zero-order valence-corrected chi connectivity index (χ0v) is 11.4. The number of piperazine rings is 1. The molecular formula is C13H19ClN2O2. The molecule has 0 unspecified atom stereocenters. The van der Waals surface area contributed by atoms with Gasteiger partial charge in [0.2, 0.25) is 0 Å². The summed E-state index contributed by atoms with van der Waals surface area (Å²) < 4.78 is 5.37. The third kappa shape index (κ3) is 3.07. The third-order valence-corrected chi connectivity index (χ3v) is 3.51. The molecular weight excluding hydrogens is 252 g/mol. The number of ether oxygens (including phenoxy) is 1. The SMILES string of the molecule is COc1cc(Cl)ccc1N1CCN(CCO)CC1. The van der Waals surface area contributed by atoms with Crippen molar-refractivity contribution in [3.63, 3.8) is 0 Å². The molecule has 0 saturated carbocycles. The molecule has 0 amide bonds. The molecule has 0 aromatic heterocycles. The summed E-state index contributed by atoms with van der Waals surface area (Å²) in [4.78, 5) is 4.56. The van der Waals surface area contributed by atoms with Gasteiger partial charge in [-0.2, -0.15) is 0 Å². The van der Waals surface area contributed by atoms with Gasteiger partial charge < -0.3 is 14.7 Å². The summed E-state index contributed by atoms with van der Waals surface area (Å²) in [5, 5.41) is 9.61. The van der Waals surface area contributed by atoms with Crippen molar-refractivity contribution >= 4 is 17.3 Å². The van der Waals surface area contributed by atoms with Crippen molar-refractivity contribution in [2.75, 3.05) is 51.3 Å². The molecule has 1 aromatic carbocycles. The second kappa shape index (κ2) is 6.27. The molecule has 1 aromatic rings. The standard InChI is InChI=1S/C13H19ClN2O2/c1-18-13-10-11(14)2-3-12(13)16-6-4-15(5-7-16)8-9-17/h2-3,10,17H,4-9H2,1H3. The molecule has 0 spiro atoms. The largest absolute Gasteiger partial charge is 0.495 e. The van der Waals surface area contributed by atoms with Crippen molar-refractivity contribution in [1.82, 2.24) is 4.90 Å². The zero-order valence-electron chi connectivity index (χ0n) is 10.6. The smallest absolute Gasteiger partial charge is 0.143 e. The molecule has 1 aliphatic heterocycles. The molecule has 0 aliphatic carbocycles. The predicted octanol–water partition coefficient (Wildman–Crippen LogP) is 1.46. The monoisotopic (exact) mass is 270 g/mol. The summed E-state index contributed by atoms with van der Waals surface area (Å²) >= 11 is 5.96. The Hall–Kier alpha value is -0.970. The second-order valence-corrected chi connectivity index (χ2v) is 4.80. The maximum absolute atomic E-state index is 8.92. The summed E-state index contributed by atoms with van der Waals surface area (Å²) in [6, 6.07) is 5.74. The third-order valence-electron chi connectivity index (χ3n) is 3.27. The lowest BCUT2D eigenvalue weighted by atomic mass is 10.2. The molecule has 2 rings (SSSR count). The normalized spacial score (nSPS) is 16.9. The Balaban J connectivity index is 2.05. The summed E-state index contributed by atoms with van der Waals surface area (Å²) in [5.41, 5.74) is 1.09. The second-order valence-electron chi connectivity index (χ2n) is 4.37. The topological polar surface area (TPSA) is 35.9 Å².